The zero-order valence-corrected chi connectivity index (χ0v) is 16.9. The minimum absolute atomic E-state index is 0.0557. The first-order valence-corrected chi connectivity index (χ1v) is 9.87. The number of para-hydroxylation sites is 1. The number of hydrogen-bond donors (Lipinski definition) is 1. The summed E-state index contributed by atoms with van der Waals surface area (Å²) < 4.78 is 8.68. The molecule has 1 aliphatic carbocycles. The van der Waals surface area contributed by atoms with Crippen molar-refractivity contribution in [3.8, 4) is 17.0 Å². The number of fused-ring (bicyclic) bond motifs is 4. The molecule has 1 aliphatic heterocycles. The van der Waals surface area contributed by atoms with Gasteiger partial charge < -0.3 is 9.94 Å². The predicted octanol–water partition coefficient (Wildman–Crippen LogP) is 3.95. The number of aromatic nitrogens is 3. The first kappa shape index (κ1) is 18.3. The molecule has 0 unspecified atom stereocenters. The predicted molar refractivity (Wildman–Crippen MR) is 106 cm³/mol. The van der Waals surface area contributed by atoms with Gasteiger partial charge in [0.15, 0.2) is 5.69 Å². The SMILES string of the molecule is Cn1nc(C(=O)N=c2cc(Cl)n(O)c(Cl)c2)c2c1-c1ccccc1OC21CCC1. The van der Waals surface area contributed by atoms with Gasteiger partial charge in [0.2, 0.25) is 0 Å². The van der Waals surface area contributed by atoms with Crippen LogP contribution in [0.4, 0.5) is 0 Å². The van der Waals surface area contributed by atoms with Crippen molar-refractivity contribution < 1.29 is 14.7 Å². The van der Waals surface area contributed by atoms with Crippen LogP contribution in [-0.2, 0) is 12.6 Å². The van der Waals surface area contributed by atoms with E-state index in [0.29, 0.717) is 4.73 Å². The number of carbonyl (C=O) groups excluding carboxylic acids is 1. The van der Waals surface area contributed by atoms with Gasteiger partial charge in [-0.3, -0.25) is 9.48 Å². The molecule has 1 amide bonds. The fraction of sp³-hybridized carbons (Fsp3) is 0.250. The smallest absolute Gasteiger partial charge is 0.298 e. The lowest BCUT2D eigenvalue weighted by Crippen LogP contribution is -2.43. The Labute approximate surface area is 175 Å². The van der Waals surface area contributed by atoms with Crippen molar-refractivity contribution in [3.05, 3.63) is 63.3 Å². The molecule has 0 saturated heterocycles. The Kier molecular flexibility index (Phi) is 4.01. The maximum Gasteiger partial charge on any atom is 0.298 e. The molecule has 9 heteroatoms. The number of halogens is 2. The number of amides is 1. The van der Waals surface area contributed by atoms with E-state index < -0.39 is 11.5 Å². The van der Waals surface area contributed by atoms with E-state index in [-0.39, 0.29) is 21.4 Å². The molecule has 1 spiro atoms. The Morgan fingerprint density at radius 3 is 2.59 bits per heavy atom. The molecule has 2 aromatic heterocycles. The van der Waals surface area contributed by atoms with Crippen LogP contribution in [0.15, 0.2) is 41.4 Å². The second kappa shape index (κ2) is 6.37. The van der Waals surface area contributed by atoms with Crippen molar-refractivity contribution in [2.24, 2.45) is 12.0 Å². The van der Waals surface area contributed by atoms with Crippen LogP contribution in [-0.4, -0.2) is 25.6 Å². The van der Waals surface area contributed by atoms with E-state index in [2.05, 4.69) is 10.1 Å². The van der Waals surface area contributed by atoms with Crippen molar-refractivity contribution in [1.29, 1.82) is 0 Å². The lowest BCUT2D eigenvalue weighted by atomic mass is 9.71. The highest BCUT2D eigenvalue weighted by atomic mass is 35.5. The molecular formula is C20H16Cl2N4O3. The second-order valence-corrected chi connectivity index (χ2v) is 8.00. The van der Waals surface area contributed by atoms with Crippen LogP contribution in [0.1, 0.15) is 35.3 Å². The molecule has 3 aromatic rings. The monoisotopic (exact) mass is 430 g/mol. The van der Waals surface area contributed by atoms with Gasteiger partial charge in [0.25, 0.3) is 5.91 Å². The van der Waals surface area contributed by atoms with Crippen LogP contribution < -0.4 is 10.1 Å². The van der Waals surface area contributed by atoms with E-state index in [1.165, 1.54) is 12.1 Å². The summed E-state index contributed by atoms with van der Waals surface area (Å²) in [5.41, 5.74) is 2.26. The topological polar surface area (TPSA) is 81.6 Å². The van der Waals surface area contributed by atoms with E-state index in [1.54, 1.807) is 4.68 Å². The fourth-order valence-corrected chi connectivity index (χ4v) is 4.47. The summed E-state index contributed by atoms with van der Waals surface area (Å²) in [5.74, 6) is 0.284. The molecule has 148 valence electrons. The molecule has 2 aliphatic rings. The highest BCUT2D eigenvalue weighted by Gasteiger charge is 2.50. The Bertz CT molecular complexity index is 1210. The second-order valence-electron chi connectivity index (χ2n) is 7.23. The third-order valence-corrected chi connectivity index (χ3v) is 6.02. The summed E-state index contributed by atoms with van der Waals surface area (Å²) in [6, 6.07) is 10.5. The maximum absolute atomic E-state index is 13.1. The van der Waals surface area contributed by atoms with Gasteiger partial charge in [0, 0.05) is 24.7 Å². The first-order chi connectivity index (χ1) is 13.9. The largest absolute Gasteiger partial charge is 0.482 e. The Morgan fingerprint density at radius 1 is 1.24 bits per heavy atom. The minimum atomic E-state index is -0.557. The summed E-state index contributed by atoms with van der Waals surface area (Å²) in [7, 11) is 1.81. The standard InChI is InChI=1S/C20H16Cl2N4O3/c1-25-18-12-5-2-3-6-13(12)29-20(7-4-8-20)16(18)17(24-25)19(27)23-11-9-14(21)26(28)15(22)10-11/h2-3,5-6,9-10,28H,4,7-8H2,1H3. The molecule has 0 atom stereocenters. The van der Waals surface area contributed by atoms with Gasteiger partial charge in [-0.1, -0.05) is 35.3 Å². The van der Waals surface area contributed by atoms with Gasteiger partial charge in [-0.25, -0.2) is 4.99 Å². The first-order valence-electron chi connectivity index (χ1n) is 9.12. The van der Waals surface area contributed by atoms with Gasteiger partial charge in [0.05, 0.1) is 16.6 Å². The molecule has 5 rings (SSSR count). The Morgan fingerprint density at radius 2 is 1.93 bits per heavy atom. The van der Waals surface area contributed by atoms with Crippen LogP contribution in [0.2, 0.25) is 10.3 Å². The van der Waals surface area contributed by atoms with E-state index in [1.807, 2.05) is 31.3 Å². The summed E-state index contributed by atoms with van der Waals surface area (Å²) in [4.78, 5) is 17.2. The van der Waals surface area contributed by atoms with Crippen LogP contribution in [0.25, 0.3) is 11.3 Å². The molecule has 3 heterocycles. The third-order valence-electron chi connectivity index (χ3n) is 5.48. The van der Waals surface area contributed by atoms with Crippen molar-refractivity contribution in [2.45, 2.75) is 24.9 Å². The van der Waals surface area contributed by atoms with Crippen molar-refractivity contribution >= 4 is 29.1 Å². The number of ether oxygens (including phenoxy) is 1. The van der Waals surface area contributed by atoms with Crippen molar-refractivity contribution in [1.82, 2.24) is 14.5 Å². The van der Waals surface area contributed by atoms with Gasteiger partial charge in [-0.2, -0.15) is 9.83 Å². The van der Waals surface area contributed by atoms with E-state index in [9.17, 15) is 10.0 Å². The highest BCUT2D eigenvalue weighted by molar-refractivity contribution is 6.32. The van der Waals surface area contributed by atoms with Crippen LogP contribution in [0.3, 0.4) is 0 Å². The summed E-state index contributed by atoms with van der Waals surface area (Å²) in [6.45, 7) is 0. The van der Waals surface area contributed by atoms with E-state index >= 15 is 0 Å². The van der Waals surface area contributed by atoms with Gasteiger partial charge in [-0.15, -0.1) is 0 Å². The van der Waals surface area contributed by atoms with Crippen LogP contribution in [0, 0.1) is 0 Å². The third kappa shape index (κ3) is 2.68. The molecule has 0 radical (unpaired) electrons. The molecule has 1 N–H and O–H groups in total. The van der Waals surface area contributed by atoms with Gasteiger partial charge in [-0.05, 0) is 31.4 Å². The molecule has 0 bridgehead atoms. The summed E-state index contributed by atoms with van der Waals surface area (Å²) >= 11 is 11.8. The normalized spacial score (nSPS) is 15.8. The van der Waals surface area contributed by atoms with E-state index in [4.69, 9.17) is 27.9 Å². The molecule has 29 heavy (non-hydrogen) atoms. The number of pyridine rings is 1. The van der Waals surface area contributed by atoms with Crippen molar-refractivity contribution in [3.63, 3.8) is 0 Å². The fourth-order valence-electron chi connectivity index (χ4n) is 4.02. The Hall–Kier alpha value is -2.77. The molecule has 1 aromatic carbocycles. The number of benzene rings is 1. The van der Waals surface area contributed by atoms with Crippen LogP contribution >= 0.6 is 23.2 Å². The van der Waals surface area contributed by atoms with E-state index in [0.717, 1.165) is 41.8 Å². The number of hydrogen-bond acceptors (Lipinski definition) is 4. The number of rotatable bonds is 1. The van der Waals surface area contributed by atoms with Gasteiger partial charge >= 0.3 is 0 Å². The average molecular weight is 431 g/mol. The molecule has 1 saturated carbocycles. The highest BCUT2D eigenvalue weighted by Crippen LogP contribution is 2.54. The molecular weight excluding hydrogens is 415 g/mol. The molecule has 1 fully saturated rings. The minimum Gasteiger partial charge on any atom is -0.482 e. The summed E-state index contributed by atoms with van der Waals surface area (Å²) in [5, 5.41) is 14.3. The zero-order chi connectivity index (χ0) is 20.3. The Balaban J connectivity index is 1.69. The average Bonchev–Trinajstić information content (AvgIpc) is 3.02. The van der Waals surface area contributed by atoms with Crippen LogP contribution in [0.5, 0.6) is 5.75 Å². The lowest BCUT2D eigenvalue weighted by molar-refractivity contribution is -0.0151. The lowest BCUT2D eigenvalue weighted by Gasteiger charge is -2.45. The van der Waals surface area contributed by atoms with Crippen molar-refractivity contribution in [2.75, 3.05) is 0 Å². The number of aryl methyl sites for hydroxylation is 1. The maximum atomic E-state index is 13.1. The molecule has 7 nitrogen and oxygen atoms in total. The summed E-state index contributed by atoms with van der Waals surface area (Å²) in [6.07, 6.45) is 2.64. The van der Waals surface area contributed by atoms with Gasteiger partial charge in [0.1, 0.15) is 21.7 Å². The zero-order valence-electron chi connectivity index (χ0n) is 15.4. The quantitative estimate of drug-likeness (QED) is 0.468. The number of nitrogens with zero attached hydrogens (tertiary/aromatic N) is 4. The number of carbonyl (C=O) groups is 1.